The van der Waals surface area contributed by atoms with Crippen LogP contribution in [0.3, 0.4) is 0 Å². The molecule has 1 aromatic heterocycles. The topological polar surface area (TPSA) is 45.8 Å². The lowest BCUT2D eigenvalue weighted by Crippen LogP contribution is -2.09. The Kier molecular flexibility index (Phi) is 4.41. The molecule has 0 aliphatic heterocycles. The lowest BCUT2D eigenvalue weighted by atomic mass is 10.3. The van der Waals surface area contributed by atoms with Crippen LogP contribution in [0, 0.1) is 0 Å². The van der Waals surface area contributed by atoms with E-state index in [-0.39, 0.29) is 10.4 Å². The van der Waals surface area contributed by atoms with E-state index in [0.29, 0.717) is 5.16 Å². The molecule has 0 aromatic carbocycles. The number of hydrogen-bond donors (Lipinski definition) is 1. The first-order valence-electron chi connectivity index (χ1n) is 4.16. The molecule has 0 aliphatic rings. The molecule has 0 fully saturated rings. The van der Waals surface area contributed by atoms with Gasteiger partial charge in [-0.2, -0.15) is 0 Å². The summed E-state index contributed by atoms with van der Waals surface area (Å²) in [6, 6.07) is 1.50. The fourth-order valence-electron chi connectivity index (χ4n) is 0.845. The second-order valence-electron chi connectivity index (χ2n) is 2.68. The van der Waals surface area contributed by atoms with Crippen LogP contribution in [-0.2, 0) is 0 Å². The number of nitrogens with zero attached hydrogens (tertiary/aromatic N) is 1. The van der Waals surface area contributed by atoms with E-state index in [1.54, 1.807) is 0 Å². The first-order valence-corrected chi connectivity index (χ1v) is 5.96. The molecule has 0 radical (unpaired) electrons. The highest BCUT2D eigenvalue weighted by Crippen LogP contribution is 2.20. The van der Waals surface area contributed by atoms with Gasteiger partial charge in [-0.25, -0.2) is 4.98 Å². The van der Waals surface area contributed by atoms with E-state index in [1.807, 2.05) is 25.3 Å². The molecule has 0 amide bonds. The maximum absolute atomic E-state index is 11.2. The van der Waals surface area contributed by atoms with Crippen molar-refractivity contribution in [1.82, 2.24) is 9.97 Å². The van der Waals surface area contributed by atoms with Gasteiger partial charge >= 0.3 is 0 Å². The second kappa shape index (κ2) is 5.36. The summed E-state index contributed by atoms with van der Waals surface area (Å²) >= 11 is 4.77. The van der Waals surface area contributed by atoms with Gasteiger partial charge in [-0.1, -0.05) is 33.8 Å². The minimum atomic E-state index is -0.117. The Morgan fingerprint density at radius 3 is 3.00 bits per heavy atom. The molecule has 1 heterocycles. The molecular formula is C9H11BrN2OS. The summed E-state index contributed by atoms with van der Waals surface area (Å²) < 4.78 is 0. The Labute approximate surface area is 95.2 Å². The first-order chi connectivity index (χ1) is 6.63. The average molecular weight is 275 g/mol. The zero-order chi connectivity index (χ0) is 10.6. The molecular weight excluding hydrogens is 264 g/mol. The summed E-state index contributed by atoms with van der Waals surface area (Å²) in [4.78, 5) is 18.3. The van der Waals surface area contributed by atoms with Gasteiger partial charge in [0.2, 0.25) is 0 Å². The van der Waals surface area contributed by atoms with E-state index in [4.69, 9.17) is 0 Å². The summed E-state index contributed by atoms with van der Waals surface area (Å²) in [5.41, 5.74) is 0.633. The number of thioether (sulfide) groups is 1. The second-order valence-corrected chi connectivity index (χ2v) is 4.95. The van der Waals surface area contributed by atoms with Gasteiger partial charge in [-0.3, -0.25) is 4.79 Å². The smallest absolute Gasteiger partial charge is 0.251 e. The summed E-state index contributed by atoms with van der Waals surface area (Å²) in [7, 11) is 0. The number of H-pyrrole nitrogens is 1. The van der Waals surface area contributed by atoms with Gasteiger partial charge in [-0.05, 0) is 19.3 Å². The third-order valence-electron chi connectivity index (χ3n) is 1.46. The van der Waals surface area contributed by atoms with E-state index < -0.39 is 0 Å². The molecule has 0 saturated carbocycles. The van der Waals surface area contributed by atoms with Crippen molar-refractivity contribution in [2.75, 3.05) is 0 Å². The van der Waals surface area contributed by atoms with Crippen molar-refractivity contribution >= 4 is 27.7 Å². The highest BCUT2D eigenvalue weighted by Gasteiger charge is 2.05. The molecule has 1 unspecified atom stereocenters. The Morgan fingerprint density at radius 1 is 1.71 bits per heavy atom. The van der Waals surface area contributed by atoms with Crippen LogP contribution >= 0.6 is 27.7 Å². The first kappa shape index (κ1) is 11.5. The Morgan fingerprint density at radius 2 is 2.43 bits per heavy atom. The van der Waals surface area contributed by atoms with Crippen molar-refractivity contribution in [1.29, 1.82) is 0 Å². The normalized spacial score (nSPS) is 13.4. The summed E-state index contributed by atoms with van der Waals surface area (Å²) in [5.74, 6) is 0. The molecule has 14 heavy (non-hydrogen) atoms. The molecule has 0 saturated heterocycles. The van der Waals surface area contributed by atoms with Crippen LogP contribution in [0.1, 0.15) is 24.4 Å². The Hall–Kier alpha value is -0.550. The fraction of sp³-hybridized carbons (Fsp3) is 0.333. The van der Waals surface area contributed by atoms with Crippen LogP contribution in [0.4, 0.5) is 0 Å². The number of halogens is 1. The average Bonchev–Trinajstić information content (AvgIpc) is 2.14. The van der Waals surface area contributed by atoms with Crippen LogP contribution in [0.2, 0.25) is 0 Å². The van der Waals surface area contributed by atoms with Gasteiger partial charge in [-0.15, -0.1) is 0 Å². The molecule has 5 heteroatoms. The van der Waals surface area contributed by atoms with Crippen LogP contribution in [0.5, 0.6) is 0 Å². The number of rotatable bonds is 3. The summed E-state index contributed by atoms with van der Waals surface area (Å²) in [6.45, 7) is 3.86. The maximum atomic E-state index is 11.2. The van der Waals surface area contributed by atoms with Crippen LogP contribution < -0.4 is 5.56 Å². The van der Waals surface area contributed by atoms with Crippen molar-refractivity contribution in [2.45, 2.75) is 23.8 Å². The lowest BCUT2D eigenvalue weighted by molar-refractivity contribution is 0.867. The molecule has 0 aliphatic carbocycles. The van der Waals surface area contributed by atoms with Crippen molar-refractivity contribution in [3.8, 4) is 0 Å². The molecule has 76 valence electrons. The van der Waals surface area contributed by atoms with Crippen LogP contribution in [0.25, 0.3) is 0 Å². The van der Waals surface area contributed by atoms with Gasteiger partial charge < -0.3 is 4.98 Å². The highest BCUT2D eigenvalue weighted by molar-refractivity contribution is 9.09. The molecule has 3 nitrogen and oxygen atoms in total. The minimum absolute atomic E-state index is 0.0924. The van der Waals surface area contributed by atoms with E-state index in [9.17, 15) is 4.79 Å². The largest absolute Gasteiger partial charge is 0.301 e. The standard InChI is InChI=1S/C9H11BrN2OS/c1-3-4-14-9-11-7(6(2)10)5-8(13)12-9/h3-6H,1-2H3,(H,11,12,13)/b4-3+. The zero-order valence-electron chi connectivity index (χ0n) is 7.95. The van der Waals surface area contributed by atoms with E-state index in [2.05, 4.69) is 25.9 Å². The zero-order valence-corrected chi connectivity index (χ0v) is 10.4. The number of alkyl halides is 1. The molecule has 1 rings (SSSR count). The molecule has 0 bridgehead atoms. The summed E-state index contributed by atoms with van der Waals surface area (Å²) in [6.07, 6.45) is 1.90. The van der Waals surface area contributed by atoms with Gasteiger partial charge in [0, 0.05) is 6.07 Å². The highest BCUT2D eigenvalue weighted by atomic mass is 79.9. The predicted octanol–water partition coefficient (Wildman–Crippen LogP) is 2.85. The minimum Gasteiger partial charge on any atom is -0.301 e. The molecule has 1 N–H and O–H groups in total. The third-order valence-corrected chi connectivity index (χ3v) is 2.76. The lowest BCUT2D eigenvalue weighted by Gasteiger charge is -2.03. The van der Waals surface area contributed by atoms with Gasteiger partial charge in [0.15, 0.2) is 5.16 Å². The maximum Gasteiger partial charge on any atom is 0.251 e. The number of hydrogen-bond acceptors (Lipinski definition) is 3. The fourth-order valence-corrected chi connectivity index (χ4v) is 1.66. The van der Waals surface area contributed by atoms with Crippen molar-refractivity contribution in [3.63, 3.8) is 0 Å². The van der Waals surface area contributed by atoms with Gasteiger partial charge in [0.1, 0.15) is 0 Å². The van der Waals surface area contributed by atoms with E-state index >= 15 is 0 Å². The molecule has 0 spiro atoms. The molecule has 1 atom stereocenters. The number of aromatic amines is 1. The quantitative estimate of drug-likeness (QED) is 0.524. The van der Waals surface area contributed by atoms with Gasteiger partial charge in [0.05, 0.1) is 10.5 Å². The monoisotopic (exact) mass is 274 g/mol. The van der Waals surface area contributed by atoms with Crippen molar-refractivity contribution < 1.29 is 0 Å². The Balaban J connectivity index is 3.01. The van der Waals surface area contributed by atoms with Crippen molar-refractivity contribution in [2.24, 2.45) is 0 Å². The molecule has 1 aromatic rings. The predicted molar refractivity (Wildman–Crippen MR) is 62.9 cm³/mol. The van der Waals surface area contributed by atoms with Crippen LogP contribution in [-0.4, -0.2) is 9.97 Å². The SMILES string of the molecule is C/C=C/Sc1nc(C(C)Br)cc(=O)[nH]1. The number of nitrogens with one attached hydrogen (secondary N) is 1. The van der Waals surface area contributed by atoms with E-state index in [0.717, 1.165) is 5.69 Å². The Bertz CT molecular complexity index is 387. The number of aromatic nitrogens is 2. The van der Waals surface area contributed by atoms with Crippen molar-refractivity contribution in [3.05, 3.63) is 33.6 Å². The van der Waals surface area contributed by atoms with E-state index in [1.165, 1.54) is 17.8 Å². The van der Waals surface area contributed by atoms with Gasteiger partial charge in [0.25, 0.3) is 5.56 Å². The van der Waals surface area contributed by atoms with Crippen LogP contribution in [0.15, 0.2) is 27.5 Å². The summed E-state index contributed by atoms with van der Waals surface area (Å²) in [5, 5.41) is 2.50. The number of allylic oxidation sites excluding steroid dienone is 1. The third kappa shape index (κ3) is 3.31.